The molecule has 0 atom stereocenters. The Labute approximate surface area is 132 Å². The first-order valence-corrected chi connectivity index (χ1v) is 7.09. The van der Waals surface area contributed by atoms with E-state index >= 15 is 0 Å². The zero-order chi connectivity index (χ0) is 16.3. The molecular weight excluding hydrogens is 336 g/mol. The van der Waals surface area contributed by atoms with Crippen molar-refractivity contribution < 1.29 is 13.6 Å². The number of hydrogen-bond acceptors (Lipinski definition) is 4. The summed E-state index contributed by atoms with van der Waals surface area (Å²) < 4.78 is 25.7. The molecule has 22 heavy (non-hydrogen) atoms. The average Bonchev–Trinajstić information content (AvgIpc) is 2.83. The number of aromatic nitrogens is 1. The smallest absolute Gasteiger partial charge is 0.265 e. The Morgan fingerprint density at radius 2 is 2.23 bits per heavy atom. The zero-order valence-electron chi connectivity index (χ0n) is 10.8. The molecule has 5 nitrogen and oxygen atoms in total. The Balaban J connectivity index is 2.21. The third-order valence-corrected chi connectivity index (χ3v) is 3.96. The number of rotatable bonds is 4. The van der Waals surface area contributed by atoms with E-state index in [-0.39, 0.29) is 20.5 Å². The highest BCUT2D eigenvalue weighted by molar-refractivity contribution is 7.18. The predicted molar refractivity (Wildman–Crippen MR) is 78.7 cm³/mol. The van der Waals surface area contributed by atoms with Crippen LogP contribution >= 0.6 is 22.9 Å². The molecule has 0 radical (unpaired) electrons. The summed E-state index contributed by atoms with van der Waals surface area (Å²) in [6.45, 7) is -0.758. The van der Waals surface area contributed by atoms with E-state index in [1.807, 2.05) is 6.07 Å². The maximum atomic E-state index is 12.4. The van der Waals surface area contributed by atoms with Gasteiger partial charge in [0.15, 0.2) is 0 Å². The minimum Gasteiger partial charge on any atom is -0.320 e. The van der Waals surface area contributed by atoms with Gasteiger partial charge in [-0.05, 0) is 12.1 Å². The van der Waals surface area contributed by atoms with Crippen molar-refractivity contribution in [1.82, 2.24) is 4.57 Å². The van der Waals surface area contributed by atoms with Crippen LogP contribution in [-0.4, -0.2) is 16.9 Å². The van der Waals surface area contributed by atoms with Crippen LogP contribution in [0.2, 0.25) is 4.34 Å². The summed E-state index contributed by atoms with van der Waals surface area (Å²) in [7, 11) is 0. The van der Waals surface area contributed by atoms with E-state index in [0.29, 0.717) is 0 Å². The number of hydrogen-bond donors (Lipinski definition) is 1. The normalized spacial score (nSPS) is 10.5. The van der Waals surface area contributed by atoms with Crippen LogP contribution in [0, 0.1) is 11.3 Å². The van der Waals surface area contributed by atoms with Crippen molar-refractivity contribution in [3.63, 3.8) is 0 Å². The van der Waals surface area contributed by atoms with E-state index in [0.717, 1.165) is 28.2 Å². The quantitative estimate of drug-likeness (QED) is 0.927. The van der Waals surface area contributed by atoms with Crippen molar-refractivity contribution in [1.29, 1.82) is 5.26 Å². The first-order valence-electron chi connectivity index (χ1n) is 5.90. The summed E-state index contributed by atoms with van der Waals surface area (Å²) in [5, 5.41) is 11.2. The van der Waals surface area contributed by atoms with E-state index in [1.54, 1.807) is 0 Å². The number of nitrogens with one attached hydrogen (secondary N) is 1. The molecule has 1 N–H and O–H groups in total. The van der Waals surface area contributed by atoms with Crippen LogP contribution in [0.1, 0.15) is 15.2 Å². The fourth-order valence-electron chi connectivity index (χ4n) is 1.65. The zero-order valence-corrected chi connectivity index (χ0v) is 12.4. The van der Waals surface area contributed by atoms with Crippen LogP contribution in [0.4, 0.5) is 14.5 Å². The van der Waals surface area contributed by atoms with E-state index in [4.69, 9.17) is 16.9 Å². The lowest BCUT2D eigenvalue weighted by Crippen LogP contribution is -2.23. The third-order valence-electron chi connectivity index (χ3n) is 2.61. The van der Waals surface area contributed by atoms with Gasteiger partial charge in [-0.25, -0.2) is 8.78 Å². The SMILES string of the molecule is N#Cc1cc(C(=O)Nc2ccc(=O)n(CC(F)F)c2)sc1Cl. The minimum absolute atomic E-state index is 0.180. The number of pyridine rings is 1. The van der Waals surface area contributed by atoms with Gasteiger partial charge >= 0.3 is 0 Å². The lowest BCUT2D eigenvalue weighted by Gasteiger charge is -2.08. The molecule has 2 heterocycles. The maximum absolute atomic E-state index is 12.4. The number of carbonyl (C=O) groups excluding carboxylic acids is 1. The molecule has 1 amide bonds. The molecule has 0 aliphatic heterocycles. The first kappa shape index (κ1) is 16.1. The Morgan fingerprint density at radius 3 is 2.82 bits per heavy atom. The molecule has 0 aliphatic rings. The second kappa shape index (κ2) is 6.68. The van der Waals surface area contributed by atoms with Gasteiger partial charge in [-0.3, -0.25) is 9.59 Å². The Morgan fingerprint density at radius 1 is 1.50 bits per heavy atom. The van der Waals surface area contributed by atoms with Gasteiger partial charge in [-0.2, -0.15) is 5.26 Å². The van der Waals surface area contributed by atoms with Crippen molar-refractivity contribution in [3.05, 3.63) is 49.5 Å². The third kappa shape index (κ3) is 3.69. The lowest BCUT2D eigenvalue weighted by atomic mass is 10.3. The number of halogens is 3. The summed E-state index contributed by atoms with van der Waals surface area (Å²) in [4.78, 5) is 23.6. The number of thiophene rings is 1. The van der Waals surface area contributed by atoms with Crippen molar-refractivity contribution in [3.8, 4) is 6.07 Å². The highest BCUT2D eigenvalue weighted by atomic mass is 35.5. The van der Waals surface area contributed by atoms with Crippen LogP contribution in [0.25, 0.3) is 0 Å². The Hall–Kier alpha value is -2.24. The number of nitrogens with zero attached hydrogens (tertiary/aromatic N) is 2. The molecule has 0 saturated carbocycles. The molecule has 2 aromatic heterocycles. The molecule has 0 aliphatic carbocycles. The van der Waals surface area contributed by atoms with E-state index in [9.17, 15) is 18.4 Å². The van der Waals surface area contributed by atoms with Crippen molar-refractivity contribution in [2.45, 2.75) is 13.0 Å². The molecule has 114 valence electrons. The van der Waals surface area contributed by atoms with Crippen molar-refractivity contribution in [2.24, 2.45) is 0 Å². The summed E-state index contributed by atoms with van der Waals surface area (Å²) in [6, 6.07) is 5.56. The van der Waals surface area contributed by atoms with Gasteiger partial charge in [-0.15, -0.1) is 11.3 Å². The molecule has 0 spiro atoms. The highest BCUT2D eigenvalue weighted by Gasteiger charge is 2.14. The standard InChI is InChI=1S/C13H8ClF2N3O2S/c14-12-7(4-17)3-9(22-12)13(21)18-8-1-2-11(20)19(5-8)6-10(15)16/h1-3,5,10H,6H2,(H,18,21). The number of nitriles is 1. The summed E-state index contributed by atoms with van der Waals surface area (Å²) in [5.41, 5.74) is -0.225. The lowest BCUT2D eigenvalue weighted by molar-refractivity contribution is 0.103. The van der Waals surface area contributed by atoms with Crippen LogP contribution in [0.15, 0.2) is 29.2 Å². The van der Waals surface area contributed by atoms with Gasteiger partial charge in [0.25, 0.3) is 17.9 Å². The molecule has 0 aromatic carbocycles. The minimum atomic E-state index is -2.68. The van der Waals surface area contributed by atoms with Crippen LogP contribution in [-0.2, 0) is 6.54 Å². The predicted octanol–water partition coefficient (Wildman–Crippen LogP) is 2.95. The topological polar surface area (TPSA) is 74.9 Å². The second-order valence-electron chi connectivity index (χ2n) is 4.16. The Kier molecular flexibility index (Phi) is 4.90. The summed E-state index contributed by atoms with van der Waals surface area (Å²) in [6.07, 6.45) is -1.55. The first-order chi connectivity index (χ1) is 10.4. The van der Waals surface area contributed by atoms with Gasteiger partial charge in [0.05, 0.1) is 22.7 Å². The van der Waals surface area contributed by atoms with Crippen molar-refractivity contribution >= 4 is 34.5 Å². The average molecular weight is 344 g/mol. The van der Waals surface area contributed by atoms with Crippen molar-refractivity contribution in [2.75, 3.05) is 5.32 Å². The number of carbonyl (C=O) groups is 1. The van der Waals surface area contributed by atoms with E-state index < -0.39 is 24.4 Å². The second-order valence-corrected chi connectivity index (χ2v) is 5.82. The van der Waals surface area contributed by atoms with Crippen LogP contribution in [0.5, 0.6) is 0 Å². The fraction of sp³-hybridized carbons (Fsp3) is 0.154. The van der Waals surface area contributed by atoms with Crippen LogP contribution in [0.3, 0.4) is 0 Å². The number of anilines is 1. The maximum Gasteiger partial charge on any atom is 0.265 e. The molecule has 2 rings (SSSR count). The molecule has 0 saturated heterocycles. The highest BCUT2D eigenvalue weighted by Crippen LogP contribution is 2.27. The van der Waals surface area contributed by atoms with Gasteiger partial charge in [0.1, 0.15) is 10.4 Å². The summed E-state index contributed by atoms with van der Waals surface area (Å²) >= 11 is 6.71. The van der Waals surface area contributed by atoms with Crippen LogP contribution < -0.4 is 10.9 Å². The van der Waals surface area contributed by atoms with Gasteiger partial charge in [0.2, 0.25) is 0 Å². The largest absolute Gasteiger partial charge is 0.320 e. The molecule has 0 unspecified atom stereocenters. The van der Waals surface area contributed by atoms with E-state index in [1.165, 1.54) is 12.1 Å². The molecule has 0 bridgehead atoms. The Bertz CT molecular complexity index is 810. The molecule has 2 aromatic rings. The molecule has 0 fully saturated rings. The number of amides is 1. The summed E-state index contributed by atoms with van der Waals surface area (Å²) in [5.74, 6) is -0.546. The monoisotopic (exact) mass is 343 g/mol. The van der Waals surface area contributed by atoms with E-state index in [2.05, 4.69) is 5.32 Å². The molecular formula is C13H8ClF2N3O2S. The molecule has 9 heteroatoms. The fourth-order valence-corrected chi connectivity index (χ4v) is 2.72. The number of alkyl halides is 2. The van der Waals surface area contributed by atoms with Gasteiger partial charge in [-0.1, -0.05) is 11.6 Å². The van der Waals surface area contributed by atoms with Gasteiger partial charge in [0, 0.05) is 12.3 Å². The van der Waals surface area contributed by atoms with Gasteiger partial charge < -0.3 is 9.88 Å².